The van der Waals surface area contributed by atoms with Gasteiger partial charge in [0, 0.05) is 19.1 Å². The Hall–Kier alpha value is -0.360. The maximum Gasteiger partial charge on any atom is 0.265 e. The second-order valence-corrected chi connectivity index (χ2v) is 5.15. The summed E-state index contributed by atoms with van der Waals surface area (Å²) in [5.41, 5.74) is 6.61. The fourth-order valence-corrected chi connectivity index (χ4v) is 2.73. The first-order chi connectivity index (χ1) is 7.08. The first-order valence-electron chi connectivity index (χ1n) is 5.07. The van der Waals surface area contributed by atoms with Gasteiger partial charge in [0.1, 0.15) is 4.88 Å². The van der Waals surface area contributed by atoms with Gasteiger partial charge in [0.05, 0.1) is 10.7 Å². The number of hydrogen-bond acceptors (Lipinski definition) is 4. The maximum absolute atomic E-state index is 12.1. The minimum atomic E-state index is 0. The predicted molar refractivity (Wildman–Crippen MR) is 74.6 cm³/mol. The SMILES string of the molecule is Cc1nc(C)c(C(=O)N2CC[C@@H](N)C2)s1.Cl.Cl. The molecule has 0 saturated carbocycles. The van der Waals surface area contributed by atoms with Crippen molar-refractivity contribution in [1.82, 2.24) is 9.88 Å². The molecule has 0 spiro atoms. The fraction of sp³-hybridized carbons (Fsp3) is 0.600. The summed E-state index contributed by atoms with van der Waals surface area (Å²) >= 11 is 1.47. The Kier molecular flexibility index (Phi) is 6.40. The molecule has 1 aromatic rings. The fourth-order valence-electron chi connectivity index (χ4n) is 1.85. The highest BCUT2D eigenvalue weighted by Crippen LogP contribution is 2.21. The van der Waals surface area contributed by atoms with Gasteiger partial charge in [-0.25, -0.2) is 4.98 Å². The molecule has 2 rings (SSSR count). The van der Waals surface area contributed by atoms with E-state index in [1.54, 1.807) is 0 Å². The van der Waals surface area contributed by atoms with E-state index in [1.165, 1.54) is 11.3 Å². The third-order valence-corrected chi connectivity index (χ3v) is 3.67. The number of hydrogen-bond donors (Lipinski definition) is 1. The Morgan fingerprint density at radius 2 is 2.12 bits per heavy atom. The van der Waals surface area contributed by atoms with E-state index < -0.39 is 0 Å². The first-order valence-corrected chi connectivity index (χ1v) is 5.88. The van der Waals surface area contributed by atoms with Crippen molar-refractivity contribution in [2.45, 2.75) is 26.3 Å². The number of rotatable bonds is 1. The topological polar surface area (TPSA) is 59.2 Å². The number of amides is 1. The van der Waals surface area contributed by atoms with Crippen molar-refractivity contribution in [3.05, 3.63) is 15.6 Å². The lowest BCUT2D eigenvalue weighted by atomic mass is 10.3. The molecule has 1 aliphatic rings. The summed E-state index contributed by atoms with van der Waals surface area (Å²) in [5, 5.41) is 0.944. The highest BCUT2D eigenvalue weighted by Gasteiger charge is 2.26. The molecule has 1 aliphatic heterocycles. The summed E-state index contributed by atoms with van der Waals surface area (Å²) in [5.74, 6) is 0.0889. The maximum atomic E-state index is 12.1. The van der Waals surface area contributed by atoms with Crippen molar-refractivity contribution in [3.63, 3.8) is 0 Å². The van der Waals surface area contributed by atoms with E-state index in [4.69, 9.17) is 5.73 Å². The zero-order chi connectivity index (χ0) is 11.0. The molecule has 1 amide bonds. The van der Waals surface area contributed by atoms with Crippen LogP contribution in [0, 0.1) is 13.8 Å². The lowest BCUT2D eigenvalue weighted by Crippen LogP contribution is -2.31. The average Bonchev–Trinajstić information content (AvgIpc) is 2.71. The Labute approximate surface area is 117 Å². The van der Waals surface area contributed by atoms with Crippen LogP contribution in [-0.2, 0) is 0 Å². The Balaban J connectivity index is 0.00000128. The van der Waals surface area contributed by atoms with Crippen LogP contribution >= 0.6 is 36.2 Å². The van der Waals surface area contributed by atoms with Crippen molar-refractivity contribution in [2.24, 2.45) is 5.73 Å². The summed E-state index contributed by atoms with van der Waals surface area (Å²) in [6, 6.07) is 0.142. The summed E-state index contributed by atoms with van der Waals surface area (Å²) in [6.07, 6.45) is 0.905. The van der Waals surface area contributed by atoms with Gasteiger partial charge in [-0.05, 0) is 20.3 Å². The monoisotopic (exact) mass is 297 g/mol. The zero-order valence-electron chi connectivity index (χ0n) is 9.80. The van der Waals surface area contributed by atoms with Crippen molar-refractivity contribution in [1.29, 1.82) is 0 Å². The van der Waals surface area contributed by atoms with Crippen LogP contribution in [0.3, 0.4) is 0 Å². The number of aryl methyl sites for hydroxylation is 2. The number of nitrogens with two attached hydrogens (primary N) is 1. The smallest absolute Gasteiger partial charge is 0.265 e. The lowest BCUT2D eigenvalue weighted by molar-refractivity contribution is 0.0794. The lowest BCUT2D eigenvalue weighted by Gasteiger charge is -2.14. The first kappa shape index (κ1) is 16.6. The van der Waals surface area contributed by atoms with Crippen molar-refractivity contribution in [3.8, 4) is 0 Å². The molecule has 2 heterocycles. The number of likely N-dealkylation sites (tertiary alicyclic amines) is 1. The van der Waals surface area contributed by atoms with Gasteiger partial charge >= 0.3 is 0 Å². The van der Waals surface area contributed by atoms with Crippen molar-refractivity contribution >= 4 is 42.1 Å². The molecule has 1 fully saturated rings. The number of aromatic nitrogens is 1. The molecule has 0 radical (unpaired) electrons. The largest absolute Gasteiger partial charge is 0.336 e. The number of halogens is 2. The molecule has 1 atom stereocenters. The zero-order valence-corrected chi connectivity index (χ0v) is 12.3. The molecular weight excluding hydrogens is 281 g/mol. The van der Waals surface area contributed by atoms with E-state index in [2.05, 4.69) is 4.98 Å². The van der Waals surface area contributed by atoms with Crippen LogP contribution in [0.15, 0.2) is 0 Å². The number of thiazole rings is 1. The minimum Gasteiger partial charge on any atom is -0.336 e. The van der Waals surface area contributed by atoms with Crippen molar-refractivity contribution < 1.29 is 4.79 Å². The van der Waals surface area contributed by atoms with E-state index in [0.29, 0.717) is 6.54 Å². The van der Waals surface area contributed by atoms with Gasteiger partial charge in [0.2, 0.25) is 0 Å². The van der Waals surface area contributed by atoms with Crippen LogP contribution in [0.25, 0.3) is 0 Å². The minimum absolute atomic E-state index is 0. The normalized spacial score (nSPS) is 18.5. The van der Waals surface area contributed by atoms with Crippen LogP contribution in [0.4, 0.5) is 0 Å². The average molecular weight is 298 g/mol. The molecule has 1 saturated heterocycles. The van der Waals surface area contributed by atoms with Crippen LogP contribution in [-0.4, -0.2) is 34.9 Å². The Morgan fingerprint density at radius 3 is 2.53 bits per heavy atom. The number of carbonyl (C=O) groups excluding carboxylic acids is 1. The predicted octanol–water partition coefficient (Wildman–Crippen LogP) is 1.78. The van der Waals surface area contributed by atoms with E-state index in [1.807, 2.05) is 18.7 Å². The quantitative estimate of drug-likeness (QED) is 0.859. The van der Waals surface area contributed by atoms with Gasteiger partial charge in [0.25, 0.3) is 5.91 Å². The Morgan fingerprint density at radius 1 is 1.47 bits per heavy atom. The number of carbonyl (C=O) groups is 1. The number of nitrogens with zero attached hydrogens (tertiary/aromatic N) is 2. The van der Waals surface area contributed by atoms with E-state index in [0.717, 1.165) is 28.5 Å². The standard InChI is InChI=1S/C10H15N3OS.2ClH/c1-6-9(15-7(2)12-6)10(14)13-4-3-8(11)5-13;;/h8H,3-5,11H2,1-2H3;2*1H/t8-;;/m1../s1. The molecule has 0 bridgehead atoms. The summed E-state index contributed by atoms with van der Waals surface area (Å²) < 4.78 is 0. The van der Waals surface area contributed by atoms with Gasteiger partial charge in [-0.15, -0.1) is 36.2 Å². The highest BCUT2D eigenvalue weighted by atomic mass is 35.5. The van der Waals surface area contributed by atoms with Gasteiger partial charge in [-0.1, -0.05) is 0 Å². The molecule has 7 heteroatoms. The van der Waals surface area contributed by atoms with E-state index in [9.17, 15) is 4.79 Å². The molecule has 98 valence electrons. The highest BCUT2D eigenvalue weighted by molar-refractivity contribution is 7.13. The molecule has 2 N–H and O–H groups in total. The van der Waals surface area contributed by atoms with Crippen LogP contribution in [0.5, 0.6) is 0 Å². The molecule has 17 heavy (non-hydrogen) atoms. The summed E-state index contributed by atoms with van der Waals surface area (Å²) in [4.78, 5) is 18.9. The second kappa shape index (κ2) is 6.54. The molecule has 0 aromatic carbocycles. The van der Waals surface area contributed by atoms with Gasteiger partial charge in [-0.3, -0.25) is 4.79 Å². The molecular formula is C10H17Cl2N3OS. The van der Waals surface area contributed by atoms with Crippen LogP contribution in [0.2, 0.25) is 0 Å². The summed E-state index contributed by atoms with van der Waals surface area (Å²) in [6.45, 7) is 5.25. The summed E-state index contributed by atoms with van der Waals surface area (Å²) in [7, 11) is 0. The van der Waals surface area contributed by atoms with Crippen LogP contribution in [0.1, 0.15) is 26.8 Å². The van der Waals surface area contributed by atoms with Crippen molar-refractivity contribution in [2.75, 3.05) is 13.1 Å². The van der Waals surface area contributed by atoms with Gasteiger partial charge < -0.3 is 10.6 Å². The second-order valence-electron chi connectivity index (χ2n) is 3.95. The third kappa shape index (κ3) is 3.55. The molecule has 0 aliphatic carbocycles. The van der Waals surface area contributed by atoms with Gasteiger partial charge in [-0.2, -0.15) is 0 Å². The van der Waals surface area contributed by atoms with E-state index in [-0.39, 0.29) is 36.8 Å². The molecule has 4 nitrogen and oxygen atoms in total. The molecule has 1 aromatic heterocycles. The van der Waals surface area contributed by atoms with Crippen LogP contribution < -0.4 is 5.73 Å². The van der Waals surface area contributed by atoms with E-state index >= 15 is 0 Å². The molecule has 0 unspecified atom stereocenters. The Bertz CT molecular complexity index is 397. The van der Waals surface area contributed by atoms with Gasteiger partial charge in [0.15, 0.2) is 0 Å². The third-order valence-electron chi connectivity index (χ3n) is 2.61.